The van der Waals surface area contributed by atoms with E-state index in [0.29, 0.717) is 19.4 Å². The highest BCUT2D eigenvalue weighted by atomic mass is 79.9. The number of ether oxygens (including phenoxy) is 2. The lowest BCUT2D eigenvalue weighted by Gasteiger charge is -2.17. The summed E-state index contributed by atoms with van der Waals surface area (Å²) in [4.78, 5) is 26.3. The molecular formula is C21H18BrNO4S2. The SMILES string of the molecule is COC(=O)COc1ccc(/C=C2\SC(=S)N(c3ccc(C)cc3C)C2=O)cc1Br. The number of thiocarbonyl (C=S) groups is 1. The maximum absolute atomic E-state index is 13.0. The number of anilines is 1. The number of aryl methyl sites for hydroxylation is 2. The topological polar surface area (TPSA) is 55.8 Å². The Bertz CT molecular complexity index is 1040. The van der Waals surface area contributed by atoms with Gasteiger partial charge >= 0.3 is 5.97 Å². The van der Waals surface area contributed by atoms with Gasteiger partial charge in [-0.05, 0) is 65.2 Å². The molecule has 1 fully saturated rings. The lowest BCUT2D eigenvalue weighted by Crippen LogP contribution is -2.28. The molecule has 0 radical (unpaired) electrons. The van der Waals surface area contributed by atoms with Crippen LogP contribution in [0.1, 0.15) is 16.7 Å². The summed E-state index contributed by atoms with van der Waals surface area (Å²) in [5.74, 6) is -0.0967. The maximum Gasteiger partial charge on any atom is 0.343 e. The van der Waals surface area contributed by atoms with Crippen LogP contribution in [0.2, 0.25) is 0 Å². The van der Waals surface area contributed by atoms with Crippen LogP contribution in [0.15, 0.2) is 45.8 Å². The molecule has 0 aromatic heterocycles. The van der Waals surface area contributed by atoms with Crippen molar-refractivity contribution >= 4 is 67.9 Å². The average molecular weight is 492 g/mol. The van der Waals surface area contributed by atoms with E-state index in [4.69, 9.17) is 17.0 Å². The van der Waals surface area contributed by atoms with E-state index in [9.17, 15) is 9.59 Å². The number of amides is 1. The van der Waals surface area contributed by atoms with Gasteiger partial charge in [0.1, 0.15) is 5.75 Å². The quantitative estimate of drug-likeness (QED) is 0.332. The molecule has 0 aliphatic carbocycles. The van der Waals surface area contributed by atoms with Crippen molar-refractivity contribution in [1.29, 1.82) is 0 Å². The fourth-order valence-corrected chi connectivity index (χ4v) is 4.60. The minimum Gasteiger partial charge on any atom is -0.481 e. The highest BCUT2D eigenvalue weighted by molar-refractivity contribution is 9.10. The lowest BCUT2D eigenvalue weighted by molar-refractivity contribution is -0.142. The zero-order chi connectivity index (χ0) is 21.1. The monoisotopic (exact) mass is 491 g/mol. The maximum atomic E-state index is 13.0. The predicted molar refractivity (Wildman–Crippen MR) is 123 cm³/mol. The molecule has 1 amide bonds. The van der Waals surface area contributed by atoms with Gasteiger partial charge in [-0.2, -0.15) is 0 Å². The molecule has 0 N–H and O–H groups in total. The Hall–Kier alpha value is -2.16. The van der Waals surface area contributed by atoms with Gasteiger partial charge in [0.25, 0.3) is 5.91 Å². The fourth-order valence-electron chi connectivity index (χ4n) is 2.80. The number of nitrogens with zero attached hydrogens (tertiary/aromatic N) is 1. The third kappa shape index (κ3) is 4.88. The molecule has 2 aromatic rings. The van der Waals surface area contributed by atoms with Crippen LogP contribution >= 0.6 is 39.9 Å². The first-order chi connectivity index (χ1) is 13.8. The molecule has 1 aliphatic rings. The molecule has 1 heterocycles. The third-order valence-corrected chi connectivity index (χ3v) is 6.14. The molecule has 1 aliphatic heterocycles. The minimum absolute atomic E-state index is 0.144. The van der Waals surface area contributed by atoms with E-state index in [1.165, 1.54) is 18.9 Å². The van der Waals surface area contributed by atoms with Gasteiger partial charge in [0.15, 0.2) is 10.9 Å². The van der Waals surface area contributed by atoms with Crippen LogP contribution in [-0.4, -0.2) is 29.9 Å². The molecule has 2 aromatic carbocycles. The minimum atomic E-state index is -0.462. The number of carbonyl (C=O) groups excluding carboxylic acids is 2. The van der Waals surface area contributed by atoms with Gasteiger partial charge in [-0.25, -0.2) is 4.79 Å². The summed E-state index contributed by atoms with van der Waals surface area (Å²) in [6, 6.07) is 11.3. The molecule has 0 saturated carbocycles. The fraction of sp³-hybridized carbons (Fsp3) is 0.190. The summed E-state index contributed by atoms with van der Waals surface area (Å²) < 4.78 is 11.1. The molecule has 1 saturated heterocycles. The first-order valence-corrected chi connectivity index (χ1v) is 10.7. The van der Waals surface area contributed by atoms with Crippen molar-refractivity contribution in [2.45, 2.75) is 13.8 Å². The Balaban J connectivity index is 1.82. The number of rotatable bonds is 5. The van der Waals surface area contributed by atoms with Gasteiger partial charge in [-0.1, -0.05) is 47.7 Å². The smallest absolute Gasteiger partial charge is 0.343 e. The summed E-state index contributed by atoms with van der Waals surface area (Å²) in [5, 5.41) is 0. The van der Waals surface area contributed by atoms with Crippen LogP contribution in [-0.2, 0) is 14.3 Å². The average Bonchev–Trinajstić information content (AvgIpc) is 2.94. The Kier molecular flexibility index (Phi) is 6.77. The molecular weight excluding hydrogens is 474 g/mol. The van der Waals surface area contributed by atoms with Gasteiger partial charge < -0.3 is 9.47 Å². The zero-order valence-corrected chi connectivity index (χ0v) is 19.2. The molecule has 0 spiro atoms. The number of esters is 1. The molecule has 150 valence electrons. The summed E-state index contributed by atoms with van der Waals surface area (Å²) >= 11 is 10.2. The Labute approximate surface area is 187 Å². The summed E-state index contributed by atoms with van der Waals surface area (Å²) in [5.41, 5.74) is 3.74. The van der Waals surface area contributed by atoms with Crippen molar-refractivity contribution in [1.82, 2.24) is 0 Å². The van der Waals surface area contributed by atoms with E-state index in [1.807, 2.05) is 38.1 Å². The highest BCUT2D eigenvalue weighted by Gasteiger charge is 2.34. The first-order valence-electron chi connectivity index (χ1n) is 8.64. The molecule has 0 bridgehead atoms. The van der Waals surface area contributed by atoms with Crippen molar-refractivity contribution < 1.29 is 19.1 Å². The van der Waals surface area contributed by atoms with Gasteiger partial charge in [0, 0.05) is 0 Å². The van der Waals surface area contributed by atoms with E-state index < -0.39 is 5.97 Å². The molecule has 5 nitrogen and oxygen atoms in total. The van der Waals surface area contributed by atoms with Gasteiger partial charge in [0.05, 0.1) is 22.2 Å². The number of carbonyl (C=O) groups is 2. The number of benzene rings is 2. The molecule has 3 rings (SSSR count). The molecule has 29 heavy (non-hydrogen) atoms. The van der Waals surface area contributed by atoms with E-state index in [1.54, 1.807) is 23.1 Å². The van der Waals surface area contributed by atoms with Crippen molar-refractivity contribution in [2.75, 3.05) is 18.6 Å². The molecule has 0 atom stereocenters. The summed E-state index contributed by atoms with van der Waals surface area (Å²) in [6.45, 7) is 3.80. The van der Waals surface area contributed by atoms with E-state index in [0.717, 1.165) is 22.4 Å². The van der Waals surface area contributed by atoms with E-state index in [-0.39, 0.29) is 12.5 Å². The third-order valence-electron chi connectivity index (χ3n) is 4.21. The lowest BCUT2D eigenvalue weighted by atomic mass is 10.1. The van der Waals surface area contributed by atoms with Gasteiger partial charge in [-0.3, -0.25) is 9.69 Å². The highest BCUT2D eigenvalue weighted by Crippen LogP contribution is 2.38. The standard InChI is InChI=1S/C21H18BrNO4S2/c1-12-4-6-16(13(2)8-12)23-20(25)18(29-21(23)28)10-14-5-7-17(15(22)9-14)27-11-19(24)26-3/h4-10H,11H2,1-3H3/b18-10-. The largest absolute Gasteiger partial charge is 0.481 e. The summed E-state index contributed by atoms with van der Waals surface area (Å²) in [7, 11) is 1.30. The first kappa shape index (κ1) is 21.5. The van der Waals surface area contributed by atoms with Crippen LogP contribution < -0.4 is 9.64 Å². The number of hydrogen-bond donors (Lipinski definition) is 0. The van der Waals surface area contributed by atoms with Crippen molar-refractivity contribution in [2.24, 2.45) is 0 Å². The normalized spacial score (nSPS) is 15.2. The van der Waals surface area contributed by atoms with Gasteiger partial charge in [0.2, 0.25) is 0 Å². The van der Waals surface area contributed by atoms with E-state index >= 15 is 0 Å². The Morgan fingerprint density at radius 1 is 1.24 bits per heavy atom. The second kappa shape index (κ2) is 9.11. The van der Waals surface area contributed by atoms with Crippen molar-refractivity contribution in [3.05, 3.63) is 62.5 Å². The van der Waals surface area contributed by atoms with Gasteiger partial charge in [-0.15, -0.1) is 0 Å². The second-order valence-electron chi connectivity index (χ2n) is 6.36. The molecule has 8 heteroatoms. The van der Waals surface area contributed by atoms with Crippen LogP contribution in [0.3, 0.4) is 0 Å². The van der Waals surface area contributed by atoms with Crippen LogP contribution in [0.5, 0.6) is 5.75 Å². The zero-order valence-electron chi connectivity index (χ0n) is 16.0. The number of methoxy groups -OCH3 is 1. The van der Waals surface area contributed by atoms with Crippen molar-refractivity contribution in [3.63, 3.8) is 0 Å². The number of hydrogen-bond acceptors (Lipinski definition) is 6. The predicted octanol–water partition coefficient (Wildman–Crippen LogP) is 5.02. The second-order valence-corrected chi connectivity index (χ2v) is 8.89. The van der Waals surface area contributed by atoms with Crippen LogP contribution in [0.25, 0.3) is 6.08 Å². The van der Waals surface area contributed by atoms with Crippen LogP contribution in [0.4, 0.5) is 5.69 Å². The Morgan fingerprint density at radius 3 is 2.66 bits per heavy atom. The van der Waals surface area contributed by atoms with E-state index in [2.05, 4.69) is 20.7 Å². The van der Waals surface area contributed by atoms with Crippen molar-refractivity contribution in [3.8, 4) is 5.75 Å². The van der Waals surface area contributed by atoms with Crippen LogP contribution in [0, 0.1) is 13.8 Å². The Morgan fingerprint density at radius 2 is 2.00 bits per heavy atom. The summed E-state index contributed by atoms with van der Waals surface area (Å²) in [6.07, 6.45) is 1.79. The number of halogens is 1. The molecule has 0 unspecified atom stereocenters. The number of thioether (sulfide) groups is 1.